The number of sulfonamides is 2. The summed E-state index contributed by atoms with van der Waals surface area (Å²) in [5.74, 6) is 0. The summed E-state index contributed by atoms with van der Waals surface area (Å²) in [7, 11) is -8.55. The Labute approximate surface area is 207 Å². The first-order chi connectivity index (χ1) is 16.9. The first kappa shape index (κ1) is 24.5. The molecule has 0 spiro atoms. The minimum Gasteiger partial charge on any atom is -0.265 e. The van der Waals surface area contributed by atoms with Gasteiger partial charge >= 0.3 is 0 Å². The Bertz CT molecular complexity index is 1320. The van der Waals surface area contributed by atoms with E-state index in [4.69, 9.17) is 0 Å². The van der Waals surface area contributed by atoms with E-state index in [1.807, 2.05) is 60.7 Å². The molecule has 0 bridgehead atoms. The third-order valence-corrected chi connectivity index (χ3v) is 9.80. The molecule has 0 amide bonds. The van der Waals surface area contributed by atoms with Gasteiger partial charge in [-0.1, -0.05) is 97.1 Å². The summed E-state index contributed by atoms with van der Waals surface area (Å²) in [5, 5.41) is -1.07. The molecule has 180 valence electrons. The summed E-state index contributed by atoms with van der Waals surface area (Å²) in [6, 6.07) is 35.3. The van der Waals surface area contributed by atoms with Gasteiger partial charge in [0.1, 0.15) is 0 Å². The Morgan fingerprint density at radius 3 is 1.03 bits per heavy atom. The van der Waals surface area contributed by atoms with E-state index in [-0.39, 0.29) is 13.1 Å². The third-order valence-electron chi connectivity index (χ3n) is 5.40. The molecule has 4 aromatic rings. The van der Waals surface area contributed by atoms with Gasteiger partial charge < -0.3 is 0 Å². The fourth-order valence-corrected chi connectivity index (χ4v) is 7.80. The highest BCUT2D eigenvalue weighted by atomic mass is 32.3. The first-order valence-electron chi connectivity index (χ1n) is 11.0. The van der Waals surface area contributed by atoms with Crippen LogP contribution in [0.4, 0.5) is 11.4 Å². The Balaban J connectivity index is 1.70. The van der Waals surface area contributed by atoms with Gasteiger partial charge in [-0.05, 0) is 35.4 Å². The van der Waals surface area contributed by atoms with E-state index in [0.29, 0.717) is 11.4 Å². The standard InChI is InChI=1S/C27H26N2O4S2/c30-34(31,28(26-17-9-3-10-18-26)21-24-13-5-1-6-14-24)23-35(32,33)29(27-19-11-4-12-20-27)22-25-15-7-2-8-16-25/h1-20H,21-23H2. The SMILES string of the molecule is O=S(=O)(CS(=O)(=O)N(Cc1ccccc1)c1ccccc1)N(Cc1ccccc1)c1ccccc1. The molecule has 6 nitrogen and oxygen atoms in total. The van der Waals surface area contributed by atoms with Crippen molar-refractivity contribution < 1.29 is 16.8 Å². The molecule has 0 saturated heterocycles. The van der Waals surface area contributed by atoms with Gasteiger partial charge in [-0.3, -0.25) is 8.61 Å². The molecule has 0 atom stereocenters. The van der Waals surface area contributed by atoms with Crippen molar-refractivity contribution in [2.24, 2.45) is 0 Å². The molecule has 4 aromatic carbocycles. The van der Waals surface area contributed by atoms with Gasteiger partial charge in [0.2, 0.25) is 0 Å². The maximum atomic E-state index is 13.7. The largest absolute Gasteiger partial charge is 0.265 e. The van der Waals surface area contributed by atoms with E-state index in [9.17, 15) is 16.8 Å². The second kappa shape index (κ2) is 10.8. The summed E-state index contributed by atoms with van der Waals surface area (Å²) in [4.78, 5) is 0. The minimum absolute atomic E-state index is 0.0206. The fourth-order valence-electron chi connectivity index (χ4n) is 3.70. The van der Waals surface area contributed by atoms with Crippen molar-refractivity contribution in [3.8, 4) is 0 Å². The highest BCUT2D eigenvalue weighted by Crippen LogP contribution is 2.26. The van der Waals surface area contributed by atoms with E-state index < -0.39 is 25.1 Å². The van der Waals surface area contributed by atoms with Crippen LogP contribution in [-0.4, -0.2) is 21.9 Å². The second-order valence-electron chi connectivity index (χ2n) is 8.00. The smallest absolute Gasteiger partial charge is 0.251 e. The van der Waals surface area contributed by atoms with E-state index >= 15 is 0 Å². The van der Waals surface area contributed by atoms with Gasteiger partial charge in [0.05, 0.1) is 24.5 Å². The van der Waals surface area contributed by atoms with Crippen LogP contribution in [0.25, 0.3) is 0 Å². The molecule has 4 rings (SSSR count). The number of rotatable bonds is 10. The predicted molar refractivity (Wildman–Crippen MR) is 141 cm³/mol. The van der Waals surface area contributed by atoms with Crippen LogP contribution in [0.5, 0.6) is 0 Å². The highest BCUT2D eigenvalue weighted by Gasteiger charge is 2.34. The lowest BCUT2D eigenvalue weighted by Gasteiger charge is -2.28. The van der Waals surface area contributed by atoms with Crippen LogP contribution in [0.3, 0.4) is 0 Å². The first-order valence-corrected chi connectivity index (χ1v) is 14.3. The van der Waals surface area contributed by atoms with Crippen LogP contribution in [0.1, 0.15) is 11.1 Å². The van der Waals surface area contributed by atoms with Crippen molar-refractivity contribution >= 4 is 31.4 Å². The van der Waals surface area contributed by atoms with Crippen molar-refractivity contribution in [1.82, 2.24) is 0 Å². The maximum Gasteiger partial charge on any atom is 0.251 e. The second-order valence-corrected chi connectivity index (χ2v) is 12.1. The molecule has 0 aliphatic carbocycles. The zero-order valence-corrected chi connectivity index (χ0v) is 20.6. The number of benzene rings is 4. The van der Waals surface area contributed by atoms with Crippen molar-refractivity contribution in [3.63, 3.8) is 0 Å². The lowest BCUT2D eigenvalue weighted by molar-refractivity contribution is 0.582. The molecule has 0 heterocycles. The lowest BCUT2D eigenvalue weighted by Crippen LogP contribution is -2.41. The molecular weight excluding hydrogens is 480 g/mol. The molecule has 0 fully saturated rings. The lowest BCUT2D eigenvalue weighted by atomic mass is 10.2. The van der Waals surface area contributed by atoms with Crippen LogP contribution < -0.4 is 8.61 Å². The van der Waals surface area contributed by atoms with E-state index in [1.165, 1.54) is 0 Å². The number of hydrogen-bond acceptors (Lipinski definition) is 4. The van der Waals surface area contributed by atoms with Crippen molar-refractivity contribution in [1.29, 1.82) is 0 Å². The quantitative estimate of drug-likeness (QED) is 0.303. The molecule has 35 heavy (non-hydrogen) atoms. The molecule has 0 aliphatic rings. The molecule has 0 aromatic heterocycles. The monoisotopic (exact) mass is 506 g/mol. The van der Waals surface area contributed by atoms with Crippen LogP contribution in [0, 0.1) is 0 Å². The van der Waals surface area contributed by atoms with Crippen molar-refractivity contribution in [2.75, 3.05) is 13.7 Å². The van der Waals surface area contributed by atoms with Crippen LogP contribution in [-0.2, 0) is 33.1 Å². The summed E-state index contributed by atoms with van der Waals surface area (Å²) < 4.78 is 57.0. The Morgan fingerprint density at radius 2 is 0.714 bits per heavy atom. The highest BCUT2D eigenvalue weighted by molar-refractivity contribution is 8.09. The topological polar surface area (TPSA) is 74.8 Å². The third kappa shape index (κ3) is 6.29. The zero-order valence-electron chi connectivity index (χ0n) is 19.0. The van der Waals surface area contributed by atoms with Gasteiger partial charge in [-0.15, -0.1) is 0 Å². The summed E-state index contributed by atoms with van der Waals surface area (Å²) in [6.45, 7) is 0.0411. The van der Waals surface area contributed by atoms with Gasteiger partial charge in [0.25, 0.3) is 20.0 Å². The average molecular weight is 507 g/mol. The molecular formula is C27H26N2O4S2. The maximum absolute atomic E-state index is 13.7. The molecule has 0 radical (unpaired) electrons. The molecule has 8 heteroatoms. The van der Waals surface area contributed by atoms with Crippen molar-refractivity contribution in [2.45, 2.75) is 13.1 Å². The summed E-state index contributed by atoms with van der Waals surface area (Å²) in [5.41, 5.74) is 2.31. The summed E-state index contributed by atoms with van der Waals surface area (Å²) >= 11 is 0. The van der Waals surface area contributed by atoms with Gasteiger partial charge in [-0.25, -0.2) is 16.8 Å². The predicted octanol–water partition coefficient (Wildman–Crippen LogP) is 5.02. The number of anilines is 2. The van der Waals surface area contributed by atoms with Gasteiger partial charge in [0, 0.05) is 0 Å². The normalized spacial score (nSPS) is 11.7. The zero-order chi connectivity index (χ0) is 24.7. The number of hydrogen-bond donors (Lipinski definition) is 0. The molecule has 0 unspecified atom stereocenters. The Hall–Kier alpha value is -3.62. The molecule has 0 N–H and O–H groups in total. The average Bonchev–Trinajstić information content (AvgIpc) is 2.87. The minimum atomic E-state index is -4.27. The van der Waals surface area contributed by atoms with Crippen LogP contribution >= 0.6 is 0 Å². The number of para-hydroxylation sites is 2. The Morgan fingerprint density at radius 1 is 0.429 bits per heavy atom. The number of nitrogens with zero attached hydrogens (tertiary/aromatic N) is 2. The molecule has 0 saturated carbocycles. The van der Waals surface area contributed by atoms with E-state index in [1.54, 1.807) is 60.7 Å². The van der Waals surface area contributed by atoms with Crippen LogP contribution in [0.15, 0.2) is 121 Å². The van der Waals surface area contributed by atoms with Crippen molar-refractivity contribution in [3.05, 3.63) is 132 Å². The van der Waals surface area contributed by atoms with Gasteiger partial charge in [0.15, 0.2) is 5.08 Å². The molecule has 0 aliphatic heterocycles. The van der Waals surface area contributed by atoms with E-state index in [0.717, 1.165) is 19.7 Å². The Kier molecular flexibility index (Phi) is 7.53. The van der Waals surface area contributed by atoms with Gasteiger partial charge in [-0.2, -0.15) is 0 Å². The van der Waals surface area contributed by atoms with Crippen LogP contribution in [0.2, 0.25) is 0 Å². The summed E-state index contributed by atoms with van der Waals surface area (Å²) in [6.07, 6.45) is 0. The van der Waals surface area contributed by atoms with E-state index in [2.05, 4.69) is 0 Å². The fraction of sp³-hybridized carbons (Fsp3) is 0.111.